The van der Waals surface area contributed by atoms with Gasteiger partial charge in [0.25, 0.3) is 5.91 Å². The maximum Gasteiger partial charge on any atom is 0.251 e. The molecule has 2 atom stereocenters. The van der Waals surface area contributed by atoms with Gasteiger partial charge in [0.2, 0.25) is 10.0 Å². The third-order valence-corrected chi connectivity index (χ3v) is 6.00. The van der Waals surface area contributed by atoms with Crippen molar-refractivity contribution in [1.29, 1.82) is 0 Å². The molecular formula is C20H24N2O4S. The first kappa shape index (κ1) is 19.5. The molecule has 0 aliphatic carbocycles. The van der Waals surface area contributed by atoms with Crippen LogP contribution in [0.2, 0.25) is 0 Å². The van der Waals surface area contributed by atoms with Crippen LogP contribution in [0.3, 0.4) is 0 Å². The number of ether oxygens (including phenoxy) is 1. The molecule has 3 rings (SSSR count). The summed E-state index contributed by atoms with van der Waals surface area (Å²) in [6, 6.07) is 15.5. The number of rotatable bonds is 7. The van der Waals surface area contributed by atoms with Crippen LogP contribution in [0.15, 0.2) is 59.5 Å². The van der Waals surface area contributed by atoms with Crippen LogP contribution in [0.4, 0.5) is 0 Å². The number of nitrogens with one attached hydrogen (secondary N) is 2. The number of hydrogen-bond donors (Lipinski definition) is 2. The lowest BCUT2D eigenvalue weighted by Gasteiger charge is -2.15. The summed E-state index contributed by atoms with van der Waals surface area (Å²) >= 11 is 0. The Hall–Kier alpha value is -2.22. The SMILES string of the molecule is CC(NC(=O)c1cccc(S(=O)(=O)NCC2CCCO2)c1)c1ccccc1. The molecule has 0 radical (unpaired) electrons. The Bertz CT molecular complexity index is 878. The first-order valence-electron chi connectivity index (χ1n) is 9.03. The number of sulfonamides is 1. The molecule has 2 aromatic rings. The Labute approximate surface area is 160 Å². The highest BCUT2D eigenvalue weighted by molar-refractivity contribution is 7.89. The molecule has 1 saturated heterocycles. The predicted molar refractivity (Wildman–Crippen MR) is 103 cm³/mol. The smallest absolute Gasteiger partial charge is 0.251 e. The van der Waals surface area contributed by atoms with Gasteiger partial charge in [-0.3, -0.25) is 4.79 Å². The van der Waals surface area contributed by atoms with Crippen LogP contribution in [-0.2, 0) is 14.8 Å². The minimum atomic E-state index is -3.69. The number of benzene rings is 2. The minimum Gasteiger partial charge on any atom is -0.377 e. The average molecular weight is 388 g/mol. The molecule has 2 unspecified atom stereocenters. The van der Waals surface area contributed by atoms with E-state index in [1.165, 1.54) is 12.1 Å². The van der Waals surface area contributed by atoms with E-state index in [-0.39, 0.29) is 29.5 Å². The van der Waals surface area contributed by atoms with Gasteiger partial charge in [-0.25, -0.2) is 13.1 Å². The van der Waals surface area contributed by atoms with Gasteiger partial charge in [0.1, 0.15) is 0 Å². The number of amides is 1. The topological polar surface area (TPSA) is 84.5 Å². The Kier molecular flexibility index (Phi) is 6.26. The third kappa shape index (κ3) is 5.15. The normalized spacial score (nSPS) is 18.2. The molecule has 1 aliphatic rings. The van der Waals surface area contributed by atoms with Crippen LogP contribution >= 0.6 is 0 Å². The van der Waals surface area contributed by atoms with Gasteiger partial charge in [0.05, 0.1) is 17.0 Å². The highest BCUT2D eigenvalue weighted by atomic mass is 32.2. The highest BCUT2D eigenvalue weighted by Gasteiger charge is 2.21. The van der Waals surface area contributed by atoms with E-state index in [2.05, 4.69) is 10.0 Å². The summed E-state index contributed by atoms with van der Waals surface area (Å²) in [6.07, 6.45) is 1.71. The zero-order chi connectivity index (χ0) is 19.3. The molecule has 7 heteroatoms. The quantitative estimate of drug-likeness (QED) is 0.764. The summed E-state index contributed by atoms with van der Waals surface area (Å²) in [7, 11) is -3.69. The molecule has 1 fully saturated rings. The van der Waals surface area contributed by atoms with E-state index in [0.29, 0.717) is 12.2 Å². The standard InChI is InChI=1S/C20H24N2O4S/c1-15(16-7-3-2-4-8-16)22-20(23)17-9-5-11-19(13-17)27(24,25)21-14-18-10-6-12-26-18/h2-5,7-9,11,13,15,18,21H,6,10,12,14H2,1H3,(H,22,23). The van der Waals surface area contributed by atoms with Crippen LogP contribution in [-0.4, -0.2) is 33.6 Å². The highest BCUT2D eigenvalue weighted by Crippen LogP contribution is 2.16. The third-order valence-electron chi connectivity index (χ3n) is 4.58. The van der Waals surface area contributed by atoms with Gasteiger partial charge >= 0.3 is 0 Å². The first-order valence-corrected chi connectivity index (χ1v) is 10.5. The van der Waals surface area contributed by atoms with Crippen molar-refractivity contribution < 1.29 is 17.9 Å². The molecule has 1 amide bonds. The van der Waals surface area contributed by atoms with Crippen LogP contribution in [0.5, 0.6) is 0 Å². The molecule has 27 heavy (non-hydrogen) atoms. The van der Waals surface area contributed by atoms with Gasteiger partial charge in [-0.2, -0.15) is 0 Å². The predicted octanol–water partition coefficient (Wildman–Crippen LogP) is 2.63. The van der Waals surface area contributed by atoms with Gasteiger partial charge in [0.15, 0.2) is 0 Å². The van der Waals surface area contributed by atoms with Crippen molar-refractivity contribution in [1.82, 2.24) is 10.0 Å². The lowest BCUT2D eigenvalue weighted by atomic mass is 10.1. The van der Waals surface area contributed by atoms with Gasteiger partial charge in [-0.15, -0.1) is 0 Å². The van der Waals surface area contributed by atoms with Gasteiger partial charge in [-0.05, 0) is 43.5 Å². The van der Waals surface area contributed by atoms with E-state index in [1.807, 2.05) is 37.3 Å². The van der Waals surface area contributed by atoms with Crippen molar-refractivity contribution in [2.45, 2.75) is 36.8 Å². The van der Waals surface area contributed by atoms with Crippen molar-refractivity contribution in [3.63, 3.8) is 0 Å². The molecule has 144 valence electrons. The summed E-state index contributed by atoms with van der Waals surface area (Å²) in [5.74, 6) is -0.317. The van der Waals surface area contributed by atoms with Crippen LogP contribution in [0, 0.1) is 0 Å². The second-order valence-electron chi connectivity index (χ2n) is 6.62. The van der Waals surface area contributed by atoms with Crippen LogP contribution < -0.4 is 10.0 Å². The van der Waals surface area contributed by atoms with E-state index < -0.39 is 10.0 Å². The van der Waals surface area contributed by atoms with E-state index in [0.717, 1.165) is 18.4 Å². The fourth-order valence-corrected chi connectivity index (χ4v) is 4.11. The van der Waals surface area contributed by atoms with Crippen molar-refractivity contribution in [3.8, 4) is 0 Å². The maximum absolute atomic E-state index is 12.5. The fourth-order valence-electron chi connectivity index (χ4n) is 3.00. The molecule has 0 bridgehead atoms. The van der Waals surface area contributed by atoms with E-state index >= 15 is 0 Å². The van der Waals surface area contributed by atoms with Crippen LogP contribution in [0.1, 0.15) is 41.7 Å². The molecule has 0 saturated carbocycles. The molecule has 0 spiro atoms. The lowest BCUT2D eigenvalue weighted by Crippen LogP contribution is -2.32. The van der Waals surface area contributed by atoms with Gasteiger partial charge < -0.3 is 10.1 Å². The number of hydrogen-bond acceptors (Lipinski definition) is 4. The van der Waals surface area contributed by atoms with Gasteiger partial charge in [-0.1, -0.05) is 36.4 Å². The fraction of sp³-hybridized carbons (Fsp3) is 0.350. The molecule has 2 N–H and O–H groups in total. The monoisotopic (exact) mass is 388 g/mol. The molecule has 6 nitrogen and oxygen atoms in total. The van der Waals surface area contributed by atoms with Crippen LogP contribution in [0.25, 0.3) is 0 Å². The van der Waals surface area contributed by atoms with Crippen molar-refractivity contribution in [2.24, 2.45) is 0 Å². The summed E-state index contributed by atoms with van der Waals surface area (Å²) in [5.41, 5.74) is 1.28. The summed E-state index contributed by atoms with van der Waals surface area (Å²) in [4.78, 5) is 12.6. The van der Waals surface area contributed by atoms with E-state index in [1.54, 1.807) is 12.1 Å². The van der Waals surface area contributed by atoms with Crippen molar-refractivity contribution in [3.05, 3.63) is 65.7 Å². The zero-order valence-corrected chi connectivity index (χ0v) is 16.0. The summed E-state index contributed by atoms with van der Waals surface area (Å²) in [5, 5.41) is 2.89. The van der Waals surface area contributed by atoms with E-state index in [9.17, 15) is 13.2 Å². The average Bonchev–Trinajstić information content (AvgIpc) is 3.21. The van der Waals surface area contributed by atoms with Crippen molar-refractivity contribution in [2.75, 3.05) is 13.2 Å². The largest absolute Gasteiger partial charge is 0.377 e. The zero-order valence-electron chi connectivity index (χ0n) is 15.2. The summed E-state index contributed by atoms with van der Waals surface area (Å²) < 4.78 is 33.0. The molecule has 2 aromatic carbocycles. The van der Waals surface area contributed by atoms with Crippen molar-refractivity contribution >= 4 is 15.9 Å². The Morgan fingerprint density at radius 3 is 2.67 bits per heavy atom. The Morgan fingerprint density at radius 2 is 1.96 bits per heavy atom. The number of carbonyl (C=O) groups is 1. The van der Waals surface area contributed by atoms with Gasteiger partial charge in [0, 0.05) is 18.7 Å². The van der Waals surface area contributed by atoms with E-state index in [4.69, 9.17) is 4.74 Å². The number of carbonyl (C=O) groups excluding carboxylic acids is 1. The minimum absolute atomic E-state index is 0.0699. The first-order chi connectivity index (χ1) is 13.0. The maximum atomic E-state index is 12.5. The molecule has 0 aromatic heterocycles. The Balaban J connectivity index is 1.67. The summed E-state index contributed by atoms with van der Waals surface area (Å²) in [6.45, 7) is 2.79. The second-order valence-corrected chi connectivity index (χ2v) is 8.39. The molecule has 1 aliphatic heterocycles. The molecule has 1 heterocycles. The lowest BCUT2D eigenvalue weighted by molar-refractivity contribution is 0.0939. The molecular weight excluding hydrogens is 364 g/mol. The Morgan fingerprint density at radius 1 is 1.19 bits per heavy atom. The second kappa shape index (κ2) is 8.65.